The molecule has 31 heavy (non-hydrogen) atoms. The van der Waals surface area contributed by atoms with Gasteiger partial charge in [-0.2, -0.15) is 0 Å². The molecule has 0 heterocycles. The quantitative estimate of drug-likeness (QED) is 0.0763. The van der Waals surface area contributed by atoms with Crippen LogP contribution in [0, 0.1) is 3.57 Å². The van der Waals surface area contributed by atoms with Gasteiger partial charge in [-0.1, -0.05) is 82.9 Å². The molecule has 0 fully saturated rings. The average molecular weight is 566 g/mol. The number of unbranched alkanes of at least 4 members (excludes halogenated alkanes) is 12. The Morgan fingerprint density at radius 3 is 1.97 bits per heavy atom. The molecule has 0 saturated heterocycles. The summed E-state index contributed by atoms with van der Waals surface area (Å²) in [5, 5.41) is 0. The molecular formula is C24H40IO5P. The second-order valence-electron chi connectivity index (χ2n) is 8.11. The van der Waals surface area contributed by atoms with Crippen LogP contribution in [0.4, 0.5) is 0 Å². The molecule has 0 aliphatic heterocycles. The fraction of sp³-hybridized carbons (Fsp3) is 0.667. The molecule has 2 N–H and O–H groups in total. The van der Waals surface area contributed by atoms with E-state index >= 15 is 0 Å². The van der Waals surface area contributed by atoms with Gasteiger partial charge in [0.2, 0.25) is 0 Å². The van der Waals surface area contributed by atoms with Crippen molar-refractivity contribution in [2.45, 2.75) is 103 Å². The highest BCUT2D eigenvalue weighted by molar-refractivity contribution is 14.1. The van der Waals surface area contributed by atoms with Crippen LogP contribution in [-0.4, -0.2) is 9.79 Å². The monoisotopic (exact) mass is 566 g/mol. The van der Waals surface area contributed by atoms with E-state index in [4.69, 9.17) is 9.79 Å². The highest BCUT2D eigenvalue weighted by Crippen LogP contribution is 2.40. The Morgan fingerprint density at radius 2 is 1.42 bits per heavy atom. The summed E-state index contributed by atoms with van der Waals surface area (Å²) in [6.45, 7) is 2.26. The molecule has 0 aromatic heterocycles. The van der Waals surface area contributed by atoms with E-state index in [-0.39, 0.29) is 5.75 Å². The van der Waals surface area contributed by atoms with Gasteiger partial charge in [-0.05, 0) is 56.2 Å². The predicted molar refractivity (Wildman–Crippen MR) is 136 cm³/mol. The summed E-state index contributed by atoms with van der Waals surface area (Å²) in [5.41, 5.74) is 0.954. The van der Waals surface area contributed by atoms with Crippen LogP contribution in [0.5, 0.6) is 5.75 Å². The van der Waals surface area contributed by atoms with E-state index in [2.05, 4.69) is 23.6 Å². The van der Waals surface area contributed by atoms with E-state index in [1.807, 2.05) is 6.07 Å². The lowest BCUT2D eigenvalue weighted by atomic mass is 10.0. The molecule has 0 spiro atoms. The number of benzene rings is 1. The van der Waals surface area contributed by atoms with Gasteiger partial charge in [0.05, 0.1) is 3.57 Å². The molecule has 7 heteroatoms. The summed E-state index contributed by atoms with van der Waals surface area (Å²) >= 11 is -1.54. The summed E-state index contributed by atoms with van der Waals surface area (Å²) in [6.07, 6.45) is 23.3. The van der Waals surface area contributed by atoms with Crippen molar-refractivity contribution in [3.63, 3.8) is 0 Å². The molecule has 0 aliphatic carbocycles. The number of phosphoric ester groups is 1. The first kappa shape index (κ1) is 28.5. The SMILES string of the molecule is CCCCCCCCCC/C=C/CCCCCCc1ccc(I=O)c(OP(=O)(O)O)c1. The van der Waals surface area contributed by atoms with Crippen molar-refractivity contribution >= 4 is 29.0 Å². The van der Waals surface area contributed by atoms with Crippen molar-refractivity contribution in [1.82, 2.24) is 0 Å². The lowest BCUT2D eigenvalue weighted by Crippen LogP contribution is -1.95. The van der Waals surface area contributed by atoms with Crippen molar-refractivity contribution in [3.8, 4) is 5.75 Å². The summed E-state index contributed by atoms with van der Waals surface area (Å²) in [5.74, 6) is 0.0512. The van der Waals surface area contributed by atoms with Gasteiger partial charge in [0.15, 0.2) is 21.2 Å². The molecule has 0 saturated carbocycles. The van der Waals surface area contributed by atoms with Crippen molar-refractivity contribution in [2.24, 2.45) is 0 Å². The minimum absolute atomic E-state index is 0.0512. The predicted octanol–water partition coefficient (Wildman–Crippen LogP) is 8.22. The molecule has 0 unspecified atom stereocenters. The van der Waals surface area contributed by atoms with Crippen LogP contribution in [-0.2, 0) is 14.1 Å². The maximum Gasteiger partial charge on any atom is 0.524 e. The van der Waals surface area contributed by atoms with Gasteiger partial charge in [-0.25, -0.2) is 4.57 Å². The third kappa shape index (κ3) is 15.8. The first-order chi connectivity index (χ1) is 15.0. The molecule has 1 rings (SSSR count). The van der Waals surface area contributed by atoms with Crippen LogP contribution in [0.1, 0.15) is 102 Å². The first-order valence-corrected chi connectivity index (χ1v) is 15.3. The van der Waals surface area contributed by atoms with E-state index < -0.39 is 29.0 Å². The Morgan fingerprint density at radius 1 is 0.871 bits per heavy atom. The van der Waals surface area contributed by atoms with Crippen LogP contribution in [0.3, 0.4) is 0 Å². The number of hydrogen-bond donors (Lipinski definition) is 2. The Balaban J connectivity index is 2.07. The fourth-order valence-corrected chi connectivity index (χ4v) is 4.93. The normalized spacial score (nSPS) is 12.0. The summed E-state index contributed by atoms with van der Waals surface area (Å²) in [7, 11) is -4.64. The molecule has 0 aliphatic rings. The fourth-order valence-electron chi connectivity index (χ4n) is 3.54. The number of allylic oxidation sites excluding steroid dienone is 2. The van der Waals surface area contributed by atoms with Crippen LogP contribution in [0.15, 0.2) is 30.4 Å². The van der Waals surface area contributed by atoms with Crippen LogP contribution in [0.25, 0.3) is 0 Å². The number of hydrogen-bond acceptors (Lipinski definition) is 3. The van der Waals surface area contributed by atoms with E-state index in [1.165, 1.54) is 70.6 Å². The van der Waals surface area contributed by atoms with E-state index in [0.29, 0.717) is 3.57 Å². The Kier molecular flexibility index (Phi) is 16.5. The third-order valence-corrected chi connectivity index (χ3v) is 7.07. The van der Waals surface area contributed by atoms with Gasteiger partial charge in [0.25, 0.3) is 0 Å². The zero-order valence-corrected chi connectivity index (χ0v) is 22.0. The topological polar surface area (TPSA) is 83.8 Å². The Hall–Kier alpha value is -0.560. The van der Waals surface area contributed by atoms with E-state index in [0.717, 1.165) is 31.2 Å². The number of aryl methyl sites for hydroxylation is 1. The second-order valence-corrected chi connectivity index (χ2v) is 10.9. The minimum atomic E-state index is -4.64. The van der Waals surface area contributed by atoms with Gasteiger partial charge < -0.3 is 4.52 Å². The molecule has 0 atom stereocenters. The minimum Gasteiger partial charge on any atom is -0.403 e. The van der Waals surface area contributed by atoms with Crippen LogP contribution in [0.2, 0.25) is 0 Å². The number of halogens is 1. The van der Waals surface area contributed by atoms with Gasteiger partial charge in [-0.15, -0.1) is 0 Å². The lowest BCUT2D eigenvalue weighted by Gasteiger charge is -2.10. The van der Waals surface area contributed by atoms with Crippen molar-refractivity contribution in [1.29, 1.82) is 0 Å². The molecule has 5 nitrogen and oxygen atoms in total. The van der Waals surface area contributed by atoms with Crippen molar-refractivity contribution in [3.05, 3.63) is 39.5 Å². The zero-order chi connectivity index (χ0) is 22.8. The smallest absolute Gasteiger partial charge is 0.403 e. The molecule has 1 aromatic carbocycles. The average Bonchev–Trinajstić information content (AvgIpc) is 2.72. The van der Waals surface area contributed by atoms with E-state index in [9.17, 15) is 7.63 Å². The molecule has 0 bridgehead atoms. The molecule has 0 radical (unpaired) electrons. The van der Waals surface area contributed by atoms with Crippen LogP contribution < -0.4 is 4.52 Å². The maximum absolute atomic E-state index is 11.2. The molecular weight excluding hydrogens is 526 g/mol. The maximum atomic E-state index is 11.2. The molecule has 1 aromatic rings. The van der Waals surface area contributed by atoms with Gasteiger partial charge in [0.1, 0.15) is 5.75 Å². The van der Waals surface area contributed by atoms with E-state index in [1.54, 1.807) is 12.1 Å². The zero-order valence-electron chi connectivity index (χ0n) is 18.9. The summed E-state index contributed by atoms with van der Waals surface area (Å²) in [6, 6.07) is 5.13. The third-order valence-electron chi connectivity index (χ3n) is 5.27. The second kappa shape index (κ2) is 17.9. The standard InChI is InChI=1S/C24H40IO5P/c1-2-3-4-5-6-7-8-9-10-11-12-13-14-15-16-17-18-22-19-20-23(25-26)24(21-22)30-31(27,28)29/h11-12,19-21H,2-10,13-18H2,1H3,(H2,27,28,29)/b12-11+. The Bertz CT molecular complexity index is 687. The summed E-state index contributed by atoms with van der Waals surface area (Å²) in [4.78, 5) is 18.0. The highest BCUT2D eigenvalue weighted by atomic mass is 127. The lowest BCUT2D eigenvalue weighted by molar-refractivity contribution is 0.282. The molecule has 178 valence electrons. The van der Waals surface area contributed by atoms with Crippen molar-refractivity contribution in [2.75, 3.05) is 0 Å². The number of rotatable bonds is 19. The highest BCUT2D eigenvalue weighted by Gasteiger charge is 2.19. The van der Waals surface area contributed by atoms with Gasteiger partial charge in [-0.3, -0.25) is 12.9 Å². The van der Waals surface area contributed by atoms with Crippen molar-refractivity contribution < 1.29 is 21.9 Å². The molecule has 0 amide bonds. The van der Waals surface area contributed by atoms with Gasteiger partial charge in [0, 0.05) is 0 Å². The first-order valence-electron chi connectivity index (χ1n) is 11.8. The van der Waals surface area contributed by atoms with Gasteiger partial charge >= 0.3 is 7.82 Å². The largest absolute Gasteiger partial charge is 0.524 e. The van der Waals surface area contributed by atoms with Crippen LogP contribution >= 0.6 is 29.0 Å². The number of phosphoric acid groups is 1. The summed E-state index contributed by atoms with van der Waals surface area (Å²) < 4.78 is 27.4. The Labute approximate surface area is 198 Å².